The second-order valence-electron chi connectivity index (χ2n) is 3.70. The lowest BCUT2D eigenvalue weighted by molar-refractivity contribution is 0.317. The van der Waals surface area contributed by atoms with Crippen molar-refractivity contribution in [3.05, 3.63) is 23.4 Å². The maximum atomic E-state index is 8.91. The van der Waals surface area contributed by atoms with Gasteiger partial charge in [-0.3, -0.25) is 0 Å². The van der Waals surface area contributed by atoms with E-state index in [2.05, 4.69) is 22.0 Å². The highest BCUT2D eigenvalue weighted by atomic mass is 16.4. The Labute approximate surface area is 89.2 Å². The number of anilines is 1. The molecule has 0 saturated heterocycles. The molecule has 2 heterocycles. The fourth-order valence-corrected chi connectivity index (χ4v) is 1.90. The zero-order valence-electron chi connectivity index (χ0n) is 9.06. The molecule has 0 fully saturated rings. The van der Waals surface area contributed by atoms with Gasteiger partial charge in [-0.15, -0.1) is 0 Å². The minimum Gasteiger partial charge on any atom is -0.411 e. The number of aryl methyl sites for hydroxylation is 1. The van der Waals surface area contributed by atoms with Gasteiger partial charge in [0.25, 0.3) is 0 Å². The first kappa shape index (κ1) is 9.96. The van der Waals surface area contributed by atoms with E-state index in [0.29, 0.717) is 0 Å². The Kier molecular flexibility index (Phi) is 2.58. The van der Waals surface area contributed by atoms with Crippen LogP contribution in [0.3, 0.4) is 0 Å². The molecule has 0 aliphatic carbocycles. The Morgan fingerprint density at radius 2 is 2.33 bits per heavy atom. The van der Waals surface area contributed by atoms with Gasteiger partial charge < -0.3 is 10.1 Å². The molecular formula is C11H15N3O. The van der Waals surface area contributed by atoms with Gasteiger partial charge in [-0.2, -0.15) is 0 Å². The van der Waals surface area contributed by atoms with Crippen molar-refractivity contribution in [2.75, 3.05) is 18.0 Å². The summed E-state index contributed by atoms with van der Waals surface area (Å²) in [6.45, 7) is 5.88. The first-order valence-corrected chi connectivity index (χ1v) is 5.20. The van der Waals surface area contributed by atoms with Crippen LogP contribution in [0.4, 0.5) is 5.82 Å². The van der Waals surface area contributed by atoms with Gasteiger partial charge in [-0.25, -0.2) is 4.98 Å². The molecule has 80 valence electrons. The first-order valence-electron chi connectivity index (χ1n) is 5.20. The van der Waals surface area contributed by atoms with E-state index in [-0.39, 0.29) is 0 Å². The normalized spacial score (nSPS) is 18.0. The van der Waals surface area contributed by atoms with E-state index in [1.54, 1.807) is 0 Å². The zero-order valence-corrected chi connectivity index (χ0v) is 9.06. The standard InChI is InChI=1S/C11H15N3O/c1-3-14-7-6-10(13-15)9-5-4-8(2)12-11(9)14/h4-5,15H,3,6-7H2,1-2H3/b13-10+. The Balaban J connectivity index is 2.53. The van der Waals surface area contributed by atoms with E-state index in [1.165, 1.54) is 0 Å². The summed E-state index contributed by atoms with van der Waals surface area (Å²) in [5, 5.41) is 12.2. The lowest BCUT2D eigenvalue weighted by Gasteiger charge is -2.29. The molecule has 0 amide bonds. The summed E-state index contributed by atoms with van der Waals surface area (Å²) >= 11 is 0. The molecule has 1 aromatic heterocycles. The SMILES string of the molecule is CCN1CC/C(=N\O)c2ccc(C)nc21. The number of hydrogen-bond donors (Lipinski definition) is 1. The van der Waals surface area contributed by atoms with Crippen molar-refractivity contribution < 1.29 is 5.21 Å². The van der Waals surface area contributed by atoms with Crippen LogP contribution in [0.25, 0.3) is 0 Å². The van der Waals surface area contributed by atoms with Gasteiger partial charge in [-0.1, -0.05) is 5.16 Å². The lowest BCUT2D eigenvalue weighted by atomic mass is 10.0. The second-order valence-corrected chi connectivity index (χ2v) is 3.70. The molecule has 4 nitrogen and oxygen atoms in total. The number of fused-ring (bicyclic) bond motifs is 1. The summed E-state index contributed by atoms with van der Waals surface area (Å²) in [6, 6.07) is 3.93. The molecule has 0 radical (unpaired) electrons. The van der Waals surface area contributed by atoms with Crippen LogP contribution < -0.4 is 4.90 Å². The summed E-state index contributed by atoms with van der Waals surface area (Å²) < 4.78 is 0. The summed E-state index contributed by atoms with van der Waals surface area (Å²) in [7, 11) is 0. The largest absolute Gasteiger partial charge is 0.411 e. The molecule has 4 heteroatoms. The smallest absolute Gasteiger partial charge is 0.138 e. The number of aromatic nitrogens is 1. The molecule has 1 aliphatic rings. The van der Waals surface area contributed by atoms with Crippen molar-refractivity contribution in [3.63, 3.8) is 0 Å². The van der Waals surface area contributed by atoms with Crippen molar-refractivity contribution in [1.82, 2.24) is 4.98 Å². The van der Waals surface area contributed by atoms with Crippen LogP contribution in [0.1, 0.15) is 24.6 Å². The zero-order chi connectivity index (χ0) is 10.8. The number of pyridine rings is 1. The Hall–Kier alpha value is -1.58. The van der Waals surface area contributed by atoms with E-state index >= 15 is 0 Å². The van der Waals surface area contributed by atoms with E-state index in [4.69, 9.17) is 5.21 Å². The van der Waals surface area contributed by atoms with Crippen molar-refractivity contribution in [3.8, 4) is 0 Å². The average molecular weight is 205 g/mol. The number of hydrogen-bond acceptors (Lipinski definition) is 4. The molecular weight excluding hydrogens is 190 g/mol. The van der Waals surface area contributed by atoms with Crippen LogP contribution >= 0.6 is 0 Å². The average Bonchev–Trinajstić information content (AvgIpc) is 2.27. The lowest BCUT2D eigenvalue weighted by Crippen LogP contribution is -2.33. The number of nitrogens with zero attached hydrogens (tertiary/aromatic N) is 3. The number of rotatable bonds is 1. The van der Waals surface area contributed by atoms with Gasteiger partial charge in [0, 0.05) is 30.8 Å². The van der Waals surface area contributed by atoms with Crippen LogP contribution in [0.2, 0.25) is 0 Å². The van der Waals surface area contributed by atoms with Crippen molar-refractivity contribution >= 4 is 11.5 Å². The summed E-state index contributed by atoms with van der Waals surface area (Å²) in [5.74, 6) is 0.941. The monoisotopic (exact) mass is 205 g/mol. The Morgan fingerprint density at radius 1 is 1.53 bits per heavy atom. The maximum Gasteiger partial charge on any atom is 0.138 e. The molecule has 0 saturated carbocycles. The van der Waals surface area contributed by atoms with Gasteiger partial charge in [0.15, 0.2) is 0 Å². The Bertz CT molecular complexity index is 401. The minimum atomic E-state index is 0.738. The van der Waals surface area contributed by atoms with Crippen LogP contribution in [0.15, 0.2) is 17.3 Å². The van der Waals surface area contributed by atoms with Crippen LogP contribution in [-0.2, 0) is 0 Å². The molecule has 1 aromatic rings. The molecule has 2 rings (SSSR count). The highest BCUT2D eigenvalue weighted by Gasteiger charge is 2.22. The Morgan fingerprint density at radius 3 is 3.00 bits per heavy atom. The molecule has 0 atom stereocenters. The van der Waals surface area contributed by atoms with Gasteiger partial charge in [0.1, 0.15) is 5.82 Å². The maximum absolute atomic E-state index is 8.91. The van der Waals surface area contributed by atoms with Crippen molar-refractivity contribution in [1.29, 1.82) is 0 Å². The van der Waals surface area contributed by atoms with Crippen LogP contribution in [-0.4, -0.2) is 29.0 Å². The van der Waals surface area contributed by atoms with Gasteiger partial charge in [0.05, 0.1) is 5.71 Å². The molecule has 15 heavy (non-hydrogen) atoms. The third-order valence-corrected chi connectivity index (χ3v) is 2.75. The molecule has 1 N–H and O–H groups in total. The molecule has 0 bridgehead atoms. The van der Waals surface area contributed by atoms with Crippen LogP contribution in [0, 0.1) is 6.92 Å². The fraction of sp³-hybridized carbons (Fsp3) is 0.455. The summed E-state index contributed by atoms with van der Waals surface area (Å²) in [5.41, 5.74) is 2.68. The first-order chi connectivity index (χ1) is 7.26. The molecule has 1 aliphatic heterocycles. The summed E-state index contributed by atoms with van der Waals surface area (Å²) in [4.78, 5) is 6.70. The third kappa shape index (κ3) is 1.67. The topological polar surface area (TPSA) is 48.7 Å². The van der Waals surface area contributed by atoms with Gasteiger partial charge >= 0.3 is 0 Å². The quantitative estimate of drug-likeness (QED) is 0.561. The van der Waals surface area contributed by atoms with Gasteiger partial charge in [-0.05, 0) is 26.0 Å². The fourth-order valence-electron chi connectivity index (χ4n) is 1.90. The van der Waals surface area contributed by atoms with Crippen LogP contribution in [0.5, 0.6) is 0 Å². The molecule has 0 unspecified atom stereocenters. The summed E-state index contributed by atoms with van der Waals surface area (Å²) in [6.07, 6.45) is 0.780. The van der Waals surface area contributed by atoms with Gasteiger partial charge in [0.2, 0.25) is 0 Å². The predicted octanol–water partition coefficient (Wildman–Crippen LogP) is 1.80. The second kappa shape index (κ2) is 3.88. The predicted molar refractivity (Wildman–Crippen MR) is 59.8 cm³/mol. The molecule has 0 aromatic carbocycles. The number of oxime groups is 1. The van der Waals surface area contributed by atoms with E-state index < -0.39 is 0 Å². The van der Waals surface area contributed by atoms with E-state index in [1.807, 2.05) is 19.1 Å². The third-order valence-electron chi connectivity index (χ3n) is 2.75. The van der Waals surface area contributed by atoms with Crippen molar-refractivity contribution in [2.24, 2.45) is 5.16 Å². The van der Waals surface area contributed by atoms with Crippen molar-refractivity contribution in [2.45, 2.75) is 20.3 Å². The molecule has 0 spiro atoms. The van der Waals surface area contributed by atoms with E-state index in [0.717, 1.165) is 42.3 Å². The minimum absolute atomic E-state index is 0.738. The van der Waals surface area contributed by atoms with E-state index in [9.17, 15) is 0 Å². The highest BCUT2D eigenvalue weighted by Crippen LogP contribution is 2.25. The highest BCUT2D eigenvalue weighted by molar-refractivity contribution is 6.05.